The maximum Gasteiger partial charge on any atom is 0.305 e. The van der Waals surface area contributed by atoms with Crippen molar-refractivity contribution in [3.63, 3.8) is 0 Å². The Morgan fingerprint density at radius 3 is 2.56 bits per heavy atom. The van der Waals surface area contributed by atoms with E-state index in [-0.39, 0.29) is 5.97 Å². The van der Waals surface area contributed by atoms with Crippen LogP contribution in [0.25, 0.3) is 0 Å². The second-order valence-electron chi connectivity index (χ2n) is 7.32. The van der Waals surface area contributed by atoms with Crippen molar-refractivity contribution in [1.82, 2.24) is 10.2 Å². The minimum absolute atomic E-state index is 0.0684. The van der Waals surface area contributed by atoms with Crippen LogP contribution in [0.2, 0.25) is 0 Å². The molecule has 0 atom stereocenters. The zero-order valence-corrected chi connectivity index (χ0v) is 17.8. The van der Waals surface area contributed by atoms with Crippen molar-refractivity contribution >= 4 is 11.9 Å². The molecule has 1 aliphatic rings. The van der Waals surface area contributed by atoms with Crippen LogP contribution < -0.4 is 5.32 Å². The van der Waals surface area contributed by atoms with E-state index in [0.717, 1.165) is 76.8 Å². The predicted octanol–water partition coefficient (Wildman–Crippen LogP) is 3.60. The average molecular weight is 384 g/mol. The van der Waals surface area contributed by atoms with Crippen LogP contribution in [0.15, 0.2) is 4.99 Å². The Morgan fingerprint density at radius 1 is 1.15 bits per heavy atom. The summed E-state index contributed by atoms with van der Waals surface area (Å²) in [6, 6.07) is 0. The first-order chi connectivity index (χ1) is 13.2. The van der Waals surface area contributed by atoms with Gasteiger partial charge in [0.05, 0.1) is 6.61 Å². The molecule has 1 fully saturated rings. The molecule has 6 heteroatoms. The van der Waals surface area contributed by atoms with Crippen LogP contribution in [-0.4, -0.2) is 63.3 Å². The molecule has 0 bridgehead atoms. The fourth-order valence-electron chi connectivity index (χ4n) is 3.32. The summed E-state index contributed by atoms with van der Waals surface area (Å²) >= 11 is 0. The maximum atomic E-state index is 11.3. The normalized spacial score (nSPS) is 15.6. The van der Waals surface area contributed by atoms with Crippen molar-refractivity contribution in [3.05, 3.63) is 0 Å². The summed E-state index contributed by atoms with van der Waals surface area (Å²) in [5.74, 6) is 1.74. The number of guanidine groups is 1. The van der Waals surface area contributed by atoms with Gasteiger partial charge in [0.1, 0.15) is 0 Å². The summed E-state index contributed by atoms with van der Waals surface area (Å²) in [7, 11) is 2.14. The van der Waals surface area contributed by atoms with Gasteiger partial charge in [-0.3, -0.25) is 9.79 Å². The van der Waals surface area contributed by atoms with E-state index in [4.69, 9.17) is 14.5 Å². The summed E-state index contributed by atoms with van der Waals surface area (Å²) in [4.78, 5) is 18.3. The molecule has 0 aromatic carbocycles. The van der Waals surface area contributed by atoms with Crippen molar-refractivity contribution in [2.75, 3.05) is 46.5 Å². The highest BCUT2D eigenvalue weighted by Crippen LogP contribution is 2.18. The molecular weight excluding hydrogens is 342 g/mol. The Kier molecular flexibility index (Phi) is 13.8. The zero-order valence-electron chi connectivity index (χ0n) is 17.8. The maximum absolute atomic E-state index is 11.3. The first-order valence-corrected chi connectivity index (χ1v) is 10.9. The second-order valence-corrected chi connectivity index (χ2v) is 7.32. The Bertz CT molecular complexity index is 409. The van der Waals surface area contributed by atoms with Crippen LogP contribution in [0.4, 0.5) is 0 Å². The van der Waals surface area contributed by atoms with E-state index < -0.39 is 0 Å². The van der Waals surface area contributed by atoms with Crippen LogP contribution in [0.3, 0.4) is 0 Å². The van der Waals surface area contributed by atoms with Gasteiger partial charge >= 0.3 is 5.97 Å². The van der Waals surface area contributed by atoms with Gasteiger partial charge in [0.2, 0.25) is 0 Å². The van der Waals surface area contributed by atoms with E-state index in [2.05, 4.69) is 24.2 Å². The first-order valence-electron chi connectivity index (χ1n) is 10.9. The molecule has 1 aliphatic heterocycles. The standard InChI is InChI=1S/C21H41N3O3/c1-4-22-21(24(3)16-12-19-13-17-26-18-14-19)23-15-10-8-6-7-9-11-20(25)27-5-2/h19H,4-18H2,1-3H3,(H,22,23). The van der Waals surface area contributed by atoms with E-state index in [1.807, 2.05) is 6.92 Å². The van der Waals surface area contributed by atoms with E-state index in [1.54, 1.807) is 0 Å². The van der Waals surface area contributed by atoms with Crippen molar-refractivity contribution in [1.29, 1.82) is 0 Å². The number of hydrogen-bond donors (Lipinski definition) is 1. The van der Waals surface area contributed by atoms with Crippen LogP contribution in [0.5, 0.6) is 0 Å². The van der Waals surface area contributed by atoms with E-state index >= 15 is 0 Å². The summed E-state index contributed by atoms with van der Waals surface area (Å²) in [6.07, 6.45) is 9.59. The molecule has 1 rings (SSSR count). The molecule has 1 heterocycles. The van der Waals surface area contributed by atoms with E-state index in [0.29, 0.717) is 13.0 Å². The van der Waals surface area contributed by atoms with Gasteiger partial charge in [-0.15, -0.1) is 0 Å². The number of aliphatic imine (C=N–C) groups is 1. The van der Waals surface area contributed by atoms with E-state index in [1.165, 1.54) is 19.3 Å². The van der Waals surface area contributed by atoms with Crippen LogP contribution in [0.1, 0.15) is 71.6 Å². The summed E-state index contributed by atoms with van der Waals surface area (Å²) in [5.41, 5.74) is 0. The number of carbonyl (C=O) groups is 1. The highest BCUT2D eigenvalue weighted by molar-refractivity contribution is 5.79. The smallest absolute Gasteiger partial charge is 0.305 e. The third-order valence-electron chi connectivity index (χ3n) is 5.02. The number of esters is 1. The van der Waals surface area contributed by atoms with Crippen LogP contribution >= 0.6 is 0 Å². The SMILES string of the molecule is CCNC(=NCCCCCCCC(=O)OCC)N(C)CCC1CCOCC1. The topological polar surface area (TPSA) is 63.2 Å². The summed E-state index contributed by atoms with van der Waals surface area (Å²) in [5, 5.41) is 3.41. The van der Waals surface area contributed by atoms with Gasteiger partial charge in [0, 0.05) is 46.3 Å². The molecule has 0 unspecified atom stereocenters. The largest absolute Gasteiger partial charge is 0.466 e. The Morgan fingerprint density at radius 2 is 1.85 bits per heavy atom. The highest BCUT2D eigenvalue weighted by atomic mass is 16.5. The lowest BCUT2D eigenvalue weighted by Crippen LogP contribution is -2.40. The fourth-order valence-corrected chi connectivity index (χ4v) is 3.32. The third kappa shape index (κ3) is 11.9. The first kappa shape index (κ1) is 23.7. The third-order valence-corrected chi connectivity index (χ3v) is 5.02. The van der Waals surface area contributed by atoms with Gasteiger partial charge in [0.15, 0.2) is 5.96 Å². The molecule has 0 spiro atoms. The van der Waals surface area contributed by atoms with Crippen molar-refractivity contribution in [2.24, 2.45) is 10.9 Å². The van der Waals surface area contributed by atoms with Crippen molar-refractivity contribution in [2.45, 2.75) is 71.6 Å². The van der Waals surface area contributed by atoms with Crippen molar-refractivity contribution < 1.29 is 14.3 Å². The molecule has 0 amide bonds. The second kappa shape index (κ2) is 15.7. The average Bonchev–Trinajstić information content (AvgIpc) is 2.68. The number of nitrogens with one attached hydrogen (secondary N) is 1. The number of ether oxygens (including phenoxy) is 2. The monoisotopic (exact) mass is 383 g/mol. The summed E-state index contributed by atoms with van der Waals surface area (Å²) in [6.45, 7) is 9.09. The van der Waals surface area contributed by atoms with Crippen LogP contribution in [0, 0.1) is 5.92 Å². The molecule has 0 aliphatic carbocycles. The summed E-state index contributed by atoms with van der Waals surface area (Å²) < 4.78 is 10.4. The molecule has 1 saturated heterocycles. The van der Waals surface area contributed by atoms with Crippen LogP contribution in [-0.2, 0) is 14.3 Å². The van der Waals surface area contributed by atoms with Gasteiger partial charge in [-0.1, -0.05) is 19.3 Å². The lowest BCUT2D eigenvalue weighted by Gasteiger charge is -2.26. The Labute approximate surface area is 166 Å². The molecule has 6 nitrogen and oxygen atoms in total. The van der Waals surface area contributed by atoms with Gasteiger partial charge in [-0.2, -0.15) is 0 Å². The highest BCUT2D eigenvalue weighted by Gasteiger charge is 2.15. The Hall–Kier alpha value is -1.30. The van der Waals surface area contributed by atoms with E-state index in [9.17, 15) is 4.79 Å². The van der Waals surface area contributed by atoms with Gasteiger partial charge in [-0.05, 0) is 51.9 Å². The van der Waals surface area contributed by atoms with Gasteiger partial charge in [-0.25, -0.2) is 0 Å². The molecule has 0 aromatic rings. The number of carbonyl (C=O) groups excluding carboxylic acids is 1. The number of nitrogens with zero attached hydrogens (tertiary/aromatic N) is 2. The molecule has 0 saturated carbocycles. The minimum Gasteiger partial charge on any atom is -0.466 e. The van der Waals surface area contributed by atoms with Crippen molar-refractivity contribution in [3.8, 4) is 0 Å². The quantitative estimate of drug-likeness (QED) is 0.228. The zero-order chi connectivity index (χ0) is 19.7. The molecule has 158 valence electrons. The Balaban J connectivity index is 2.15. The molecule has 1 N–H and O–H groups in total. The molecule has 0 aromatic heterocycles. The number of hydrogen-bond acceptors (Lipinski definition) is 4. The van der Waals surface area contributed by atoms with Gasteiger partial charge in [0.25, 0.3) is 0 Å². The van der Waals surface area contributed by atoms with Gasteiger partial charge < -0.3 is 19.7 Å². The lowest BCUT2D eigenvalue weighted by atomic mass is 9.96. The molecule has 0 radical (unpaired) electrons. The molecule has 27 heavy (non-hydrogen) atoms. The molecular formula is C21H41N3O3. The number of rotatable bonds is 13. The lowest BCUT2D eigenvalue weighted by molar-refractivity contribution is -0.143. The fraction of sp³-hybridized carbons (Fsp3) is 0.905. The minimum atomic E-state index is -0.0684. The predicted molar refractivity (Wildman–Crippen MR) is 111 cm³/mol. The number of unbranched alkanes of at least 4 members (excludes halogenated alkanes) is 4.